The van der Waals surface area contributed by atoms with Gasteiger partial charge in [-0.3, -0.25) is 14.5 Å². The molecule has 3 heteroatoms. The van der Waals surface area contributed by atoms with Crippen LogP contribution in [0.15, 0.2) is 30.3 Å². The van der Waals surface area contributed by atoms with E-state index in [1.807, 2.05) is 18.2 Å². The lowest BCUT2D eigenvalue weighted by Crippen LogP contribution is -2.47. The first-order valence-electron chi connectivity index (χ1n) is 6.83. The molecule has 1 aliphatic heterocycles. The average molecular weight is 259 g/mol. The van der Waals surface area contributed by atoms with Gasteiger partial charge in [0.1, 0.15) is 11.6 Å². The fraction of sp³-hybridized carbons (Fsp3) is 0.500. The van der Waals surface area contributed by atoms with Crippen molar-refractivity contribution in [2.45, 2.75) is 33.2 Å². The molecule has 1 heterocycles. The molecule has 0 aromatic heterocycles. The lowest BCUT2D eigenvalue weighted by molar-refractivity contribution is -0.141. The summed E-state index contributed by atoms with van der Waals surface area (Å²) < 4.78 is 0. The fourth-order valence-corrected chi connectivity index (χ4v) is 2.89. The molecule has 102 valence electrons. The zero-order valence-electron chi connectivity index (χ0n) is 11.7. The number of Topliss-reactive ketones (excluding diaryl/α,β-unsaturated/α-hetero) is 2. The van der Waals surface area contributed by atoms with Gasteiger partial charge >= 0.3 is 0 Å². The van der Waals surface area contributed by atoms with Crippen molar-refractivity contribution in [1.82, 2.24) is 4.90 Å². The minimum Gasteiger partial charge on any atom is -0.299 e. The standard InChI is InChI=1S/C16H21NO2/c1-13(18)16(14(2)19)8-10-17(11-9-16)12-15-6-4-3-5-7-15/h3-7H,8-12H2,1-2H3. The summed E-state index contributed by atoms with van der Waals surface area (Å²) in [7, 11) is 0. The molecule has 0 spiro atoms. The Hall–Kier alpha value is -1.48. The SMILES string of the molecule is CC(=O)C1(C(C)=O)CCN(Cc2ccccc2)CC1. The quantitative estimate of drug-likeness (QED) is 0.779. The molecule has 1 fully saturated rings. The van der Waals surface area contributed by atoms with Crippen molar-refractivity contribution in [3.8, 4) is 0 Å². The predicted octanol–water partition coefficient (Wildman–Crippen LogP) is 2.45. The first kappa shape index (κ1) is 13.9. The minimum absolute atomic E-state index is 0.0272. The summed E-state index contributed by atoms with van der Waals surface area (Å²) >= 11 is 0. The van der Waals surface area contributed by atoms with Crippen molar-refractivity contribution in [2.75, 3.05) is 13.1 Å². The summed E-state index contributed by atoms with van der Waals surface area (Å²) in [6, 6.07) is 10.3. The molecule has 0 atom stereocenters. The fourth-order valence-electron chi connectivity index (χ4n) is 2.89. The van der Waals surface area contributed by atoms with Crippen LogP contribution in [0.25, 0.3) is 0 Å². The molecule has 1 aromatic carbocycles. The van der Waals surface area contributed by atoms with Gasteiger partial charge in [0.2, 0.25) is 0 Å². The highest BCUT2D eigenvalue weighted by Crippen LogP contribution is 2.34. The summed E-state index contributed by atoms with van der Waals surface area (Å²) in [4.78, 5) is 25.9. The number of carbonyl (C=O) groups is 2. The third kappa shape index (κ3) is 2.92. The smallest absolute Gasteiger partial charge is 0.143 e. The largest absolute Gasteiger partial charge is 0.299 e. The van der Waals surface area contributed by atoms with Gasteiger partial charge in [0.05, 0.1) is 5.41 Å². The van der Waals surface area contributed by atoms with E-state index in [-0.39, 0.29) is 11.6 Å². The molecule has 0 saturated carbocycles. The molecular formula is C16H21NO2. The summed E-state index contributed by atoms with van der Waals surface area (Å²) in [6.07, 6.45) is 1.31. The third-order valence-electron chi connectivity index (χ3n) is 4.31. The zero-order valence-corrected chi connectivity index (χ0v) is 11.7. The summed E-state index contributed by atoms with van der Waals surface area (Å²) in [6.45, 7) is 5.62. The van der Waals surface area contributed by atoms with E-state index in [0.29, 0.717) is 12.8 Å². The topological polar surface area (TPSA) is 37.4 Å². The predicted molar refractivity (Wildman–Crippen MR) is 74.7 cm³/mol. The number of rotatable bonds is 4. The normalized spacial score (nSPS) is 19.1. The van der Waals surface area contributed by atoms with E-state index in [9.17, 15) is 9.59 Å². The molecule has 3 nitrogen and oxygen atoms in total. The van der Waals surface area contributed by atoms with Crippen LogP contribution in [0.2, 0.25) is 0 Å². The Labute approximate surface area is 114 Å². The van der Waals surface area contributed by atoms with E-state index in [0.717, 1.165) is 19.6 Å². The Balaban J connectivity index is 1.99. The number of nitrogens with zero attached hydrogens (tertiary/aromatic N) is 1. The van der Waals surface area contributed by atoms with Crippen LogP contribution in [0.3, 0.4) is 0 Å². The van der Waals surface area contributed by atoms with Crippen molar-refractivity contribution in [3.63, 3.8) is 0 Å². The number of hydrogen-bond donors (Lipinski definition) is 0. The van der Waals surface area contributed by atoms with Crippen molar-refractivity contribution in [2.24, 2.45) is 5.41 Å². The van der Waals surface area contributed by atoms with Crippen molar-refractivity contribution >= 4 is 11.6 Å². The van der Waals surface area contributed by atoms with E-state index < -0.39 is 5.41 Å². The monoisotopic (exact) mass is 259 g/mol. The Morgan fingerprint density at radius 2 is 1.58 bits per heavy atom. The highest BCUT2D eigenvalue weighted by molar-refractivity contribution is 6.05. The van der Waals surface area contributed by atoms with Gasteiger partial charge in [-0.2, -0.15) is 0 Å². The first-order valence-corrected chi connectivity index (χ1v) is 6.83. The molecule has 2 rings (SSSR count). The lowest BCUT2D eigenvalue weighted by Gasteiger charge is -2.38. The van der Waals surface area contributed by atoms with E-state index >= 15 is 0 Å². The Kier molecular flexibility index (Phi) is 4.15. The van der Waals surface area contributed by atoms with Crippen LogP contribution in [-0.2, 0) is 16.1 Å². The molecule has 1 saturated heterocycles. The van der Waals surface area contributed by atoms with Gasteiger partial charge in [-0.15, -0.1) is 0 Å². The maximum absolute atomic E-state index is 11.8. The first-order chi connectivity index (χ1) is 9.04. The molecule has 0 N–H and O–H groups in total. The third-order valence-corrected chi connectivity index (χ3v) is 4.31. The Morgan fingerprint density at radius 1 is 1.05 bits per heavy atom. The van der Waals surface area contributed by atoms with E-state index in [4.69, 9.17) is 0 Å². The second kappa shape index (κ2) is 5.66. The molecule has 19 heavy (non-hydrogen) atoms. The van der Waals surface area contributed by atoms with Gasteiger partial charge in [0.25, 0.3) is 0 Å². The van der Waals surface area contributed by atoms with Crippen molar-refractivity contribution < 1.29 is 9.59 Å². The van der Waals surface area contributed by atoms with Gasteiger partial charge in [-0.05, 0) is 45.3 Å². The lowest BCUT2D eigenvalue weighted by atomic mass is 9.72. The minimum atomic E-state index is -0.715. The average Bonchev–Trinajstić information content (AvgIpc) is 2.40. The van der Waals surface area contributed by atoms with Gasteiger partial charge in [-0.25, -0.2) is 0 Å². The van der Waals surface area contributed by atoms with Gasteiger partial charge in [0, 0.05) is 6.54 Å². The molecule has 1 aliphatic rings. The van der Waals surface area contributed by atoms with E-state index in [1.54, 1.807) is 13.8 Å². The molecular weight excluding hydrogens is 238 g/mol. The molecule has 1 aromatic rings. The van der Waals surface area contributed by atoms with Gasteiger partial charge < -0.3 is 0 Å². The van der Waals surface area contributed by atoms with Crippen molar-refractivity contribution in [3.05, 3.63) is 35.9 Å². The van der Waals surface area contributed by atoms with Crippen LogP contribution >= 0.6 is 0 Å². The zero-order chi connectivity index (χ0) is 13.9. The van der Waals surface area contributed by atoms with Gasteiger partial charge in [0.15, 0.2) is 0 Å². The molecule has 0 aliphatic carbocycles. The molecule has 0 radical (unpaired) electrons. The molecule has 0 unspecified atom stereocenters. The Morgan fingerprint density at radius 3 is 2.05 bits per heavy atom. The second-order valence-electron chi connectivity index (χ2n) is 5.46. The highest BCUT2D eigenvalue weighted by atomic mass is 16.2. The second-order valence-corrected chi connectivity index (χ2v) is 5.46. The number of benzene rings is 1. The number of likely N-dealkylation sites (tertiary alicyclic amines) is 1. The molecule has 0 bridgehead atoms. The van der Waals surface area contributed by atoms with Crippen molar-refractivity contribution in [1.29, 1.82) is 0 Å². The van der Waals surface area contributed by atoms with Crippen LogP contribution < -0.4 is 0 Å². The summed E-state index contributed by atoms with van der Waals surface area (Å²) in [5.74, 6) is 0.0544. The van der Waals surface area contributed by atoms with Gasteiger partial charge in [-0.1, -0.05) is 30.3 Å². The van der Waals surface area contributed by atoms with E-state index in [2.05, 4.69) is 17.0 Å². The number of carbonyl (C=O) groups excluding carboxylic acids is 2. The highest BCUT2D eigenvalue weighted by Gasteiger charge is 2.42. The Bertz CT molecular complexity index is 443. The molecule has 0 amide bonds. The maximum atomic E-state index is 11.8. The van der Waals surface area contributed by atoms with E-state index in [1.165, 1.54) is 5.56 Å². The van der Waals surface area contributed by atoms with Crippen LogP contribution in [0, 0.1) is 5.41 Å². The number of ketones is 2. The summed E-state index contributed by atoms with van der Waals surface area (Å²) in [5.41, 5.74) is 0.563. The maximum Gasteiger partial charge on any atom is 0.143 e. The van der Waals surface area contributed by atoms with Crippen LogP contribution in [0.4, 0.5) is 0 Å². The van der Waals surface area contributed by atoms with Crippen LogP contribution in [-0.4, -0.2) is 29.6 Å². The number of hydrogen-bond acceptors (Lipinski definition) is 3. The van der Waals surface area contributed by atoms with Crippen LogP contribution in [0.1, 0.15) is 32.3 Å². The van der Waals surface area contributed by atoms with Crippen LogP contribution in [0.5, 0.6) is 0 Å². The number of piperidine rings is 1. The summed E-state index contributed by atoms with van der Waals surface area (Å²) in [5, 5.41) is 0.